The molecule has 2 atom stereocenters. The van der Waals surface area contributed by atoms with E-state index in [1.165, 1.54) is 24.2 Å². The standard InChI is InChI=1S/C20H19ClNO4PS/c1-26-17-6-4-3-5-13(17)9-10-22-20(23)19(27(2,24)25)16-12-28-18-8-7-14(21)11-15(16)18/h3-12,19H,1-2H3,(H,22,23)(H,24,25)/b10-9+. The largest absolute Gasteiger partial charge is 0.496 e. The lowest BCUT2D eigenvalue weighted by Gasteiger charge is -2.18. The first kappa shape index (κ1) is 20.6. The first-order valence-electron chi connectivity index (χ1n) is 8.38. The quantitative estimate of drug-likeness (QED) is 0.516. The Morgan fingerprint density at radius 1 is 1.32 bits per heavy atom. The molecule has 0 saturated heterocycles. The summed E-state index contributed by atoms with van der Waals surface area (Å²) in [6, 6.07) is 12.6. The number of para-hydroxylation sites is 1. The second-order valence-corrected chi connectivity index (χ2v) is 10.0. The summed E-state index contributed by atoms with van der Waals surface area (Å²) >= 11 is 7.48. The smallest absolute Gasteiger partial charge is 0.241 e. The van der Waals surface area contributed by atoms with E-state index >= 15 is 0 Å². The number of rotatable bonds is 6. The number of carbonyl (C=O) groups excluding carboxylic acids is 1. The van der Waals surface area contributed by atoms with Crippen LogP contribution in [0, 0.1) is 0 Å². The summed E-state index contributed by atoms with van der Waals surface area (Å²) in [4.78, 5) is 23.1. The Labute approximate surface area is 172 Å². The molecule has 3 aromatic rings. The number of methoxy groups -OCH3 is 1. The van der Waals surface area contributed by atoms with Crippen molar-refractivity contribution in [3.63, 3.8) is 0 Å². The van der Waals surface area contributed by atoms with Gasteiger partial charge < -0.3 is 14.9 Å². The highest BCUT2D eigenvalue weighted by molar-refractivity contribution is 7.58. The first-order chi connectivity index (χ1) is 13.3. The number of amides is 1. The molecule has 0 bridgehead atoms. The van der Waals surface area contributed by atoms with Gasteiger partial charge in [-0.15, -0.1) is 11.3 Å². The van der Waals surface area contributed by atoms with Crippen LogP contribution in [0.2, 0.25) is 5.02 Å². The Morgan fingerprint density at radius 2 is 2.07 bits per heavy atom. The molecule has 0 spiro atoms. The number of fused-ring (bicyclic) bond motifs is 1. The van der Waals surface area contributed by atoms with Crippen LogP contribution < -0.4 is 10.1 Å². The predicted octanol–water partition coefficient (Wildman–Crippen LogP) is 5.29. The fourth-order valence-corrected chi connectivity index (χ4v) is 5.43. The number of carbonyl (C=O) groups is 1. The Bertz CT molecular complexity index is 1090. The maximum absolute atomic E-state index is 12.8. The second-order valence-electron chi connectivity index (χ2n) is 6.26. The van der Waals surface area contributed by atoms with Crippen molar-refractivity contribution in [2.45, 2.75) is 5.66 Å². The molecule has 0 aliphatic carbocycles. The van der Waals surface area contributed by atoms with E-state index in [1.54, 1.807) is 36.8 Å². The SMILES string of the molecule is COc1ccccc1/C=C/NC(=O)C(c1csc2ccc(Cl)cc12)P(C)(=O)O. The predicted molar refractivity (Wildman–Crippen MR) is 115 cm³/mol. The molecule has 2 N–H and O–H groups in total. The van der Waals surface area contributed by atoms with Gasteiger partial charge in [-0.05, 0) is 46.7 Å². The zero-order valence-electron chi connectivity index (χ0n) is 15.3. The number of benzene rings is 2. The van der Waals surface area contributed by atoms with E-state index in [1.807, 2.05) is 24.3 Å². The van der Waals surface area contributed by atoms with Crippen molar-refractivity contribution < 1.29 is 19.0 Å². The van der Waals surface area contributed by atoms with Crippen molar-refractivity contribution >= 4 is 52.4 Å². The third-order valence-corrected chi connectivity index (χ3v) is 6.90. The zero-order chi connectivity index (χ0) is 20.3. The normalized spacial score (nSPS) is 14.7. The lowest BCUT2D eigenvalue weighted by Crippen LogP contribution is -2.25. The average Bonchev–Trinajstić information content (AvgIpc) is 3.03. The van der Waals surface area contributed by atoms with Crippen LogP contribution in [0.25, 0.3) is 16.2 Å². The van der Waals surface area contributed by atoms with Crippen LogP contribution in [0.4, 0.5) is 0 Å². The lowest BCUT2D eigenvalue weighted by atomic mass is 10.1. The monoisotopic (exact) mass is 435 g/mol. The minimum absolute atomic E-state index is 0.499. The zero-order valence-corrected chi connectivity index (χ0v) is 17.7. The summed E-state index contributed by atoms with van der Waals surface area (Å²) in [6.45, 7) is 1.19. The van der Waals surface area contributed by atoms with Gasteiger partial charge in [-0.25, -0.2) is 0 Å². The highest BCUT2D eigenvalue weighted by Gasteiger charge is 2.36. The average molecular weight is 436 g/mol. The lowest BCUT2D eigenvalue weighted by molar-refractivity contribution is -0.120. The molecule has 1 amide bonds. The number of thiophene rings is 1. The van der Waals surface area contributed by atoms with Gasteiger partial charge in [0, 0.05) is 28.2 Å². The number of nitrogens with one attached hydrogen (secondary N) is 1. The molecule has 2 aromatic carbocycles. The summed E-state index contributed by atoms with van der Waals surface area (Å²) in [5, 5.41) is 5.58. The van der Waals surface area contributed by atoms with Gasteiger partial charge >= 0.3 is 0 Å². The topological polar surface area (TPSA) is 75.6 Å². The fraction of sp³-hybridized carbons (Fsp3) is 0.150. The van der Waals surface area contributed by atoms with Gasteiger partial charge in [0.2, 0.25) is 13.3 Å². The van der Waals surface area contributed by atoms with Crippen LogP contribution in [0.3, 0.4) is 0 Å². The molecular formula is C20H19ClNO4PS. The highest BCUT2D eigenvalue weighted by Crippen LogP contribution is 2.54. The Kier molecular flexibility index (Phi) is 6.26. The molecule has 5 nitrogen and oxygen atoms in total. The fourth-order valence-electron chi connectivity index (χ4n) is 2.95. The van der Waals surface area contributed by atoms with Crippen molar-refractivity contribution in [1.82, 2.24) is 5.32 Å². The third kappa shape index (κ3) is 4.47. The molecule has 1 aromatic heterocycles. The molecule has 0 aliphatic heterocycles. The van der Waals surface area contributed by atoms with E-state index in [9.17, 15) is 14.3 Å². The summed E-state index contributed by atoms with van der Waals surface area (Å²) in [5.74, 6) is 0.102. The minimum atomic E-state index is -3.77. The molecular weight excluding hydrogens is 417 g/mol. The number of ether oxygens (including phenoxy) is 1. The van der Waals surface area contributed by atoms with E-state index in [2.05, 4.69) is 5.32 Å². The first-order valence-corrected chi connectivity index (χ1v) is 11.8. The van der Waals surface area contributed by atoms with Crippen molar-refractivity contribution in [2.24, 2.45) is 0 Å². The van der Waals surface area contributed by atoms with Crippen LogP contribution in [0.15, 0.2) is 54.0 Å². The summed E-state index contributed by atoms with van der Waals surface area (Å²) in [7, 11) is -2.21. The summed E-state index contributed by atoms with van der Waals surface area (Å²) in [6.07, 6.45) is 3.12. The van der Waals surface area contributed by atoms with Crippen LogP contribution >= 0.6 is 30.3 Å². The van der Waals surface area contributed by atoms with E-state index in [0.717, 1.165) is 10.3 Å². The maximum Gasteiger partial charge on any atom is 0.241 e. The maximum atomic E-state index is 12.8. The van der Waals surface area contributed by atoms with Crippen molar-refractivity contribution in [3.05, 3.63) is 70.2 Å². The second kappa shape index (κ2) is 8.50. The van der Waals surface area contributed by atoms with Gasteiger partial charge in [-0.2, -0.15) is 0 Å². The van der Waals surface area contributed by atoms with Gasteiger partial charge in [-0.1, -0.05) is 29.8 Å². The van der Waals surface area contributed by atoms with Crippen molar-refractivity contribution in [1.29, 1.82) is 0 Å². The van der Waals surface area contributed by atoms with Crippen molar-refractivity contribution in [2.75, 3.05) is 13.8 Å². The molecule has 3 rings (SSSR count). The molecule has 0 fully saturated rings. The third-order valence-electron chi connectivity index (χ3n) is 4.21. The Balaban J connectivity index is 1.90. The highest BCUT2D eigenvalue weighted by atomic mass is 35.5. The number of halogens is 1. The van der Waals surface area contributed by atoms with Crippen LogP contribution in [-0.4, -0.2) is 24.6 Å². The Morgan fingerprint density at radius 3 is 2.79 bits per heavy atom. The molecule has 8 heteroatoms. The molecule has 0 radical (unpaired) electrons. The molecule has 2 unspecified atom stereocenters. The minimum Gasteiger partial charge on any atom is -0.496 e. The van der Waals surface area contributed by atoms with Crippen LogP contribution in [0.1, 0.15) is 16.8 Å². The van der Waals surface area contributed by atoms with Gasteiger partial charge in [0.25, 0.3) is 0 Å². The van der Waals surface area contributed by atoms with Gasteiger partial charge in [0.15, 0.2) is 0 Å². The van der Waals surface area contributed by atoms with Gasteiger partial charge in [0.1, 0.15) is 11.4 Å². The van der Waals surface area contributed by atoms with E-state index in [0.29, 0.717) is 21.7 Å². The van der Waals surface area contributed by atoms with Gasteiger partial charge in [-0.3, -0.25) is 9.36 Å². The van der Waals surface area contributed by atoms with E-state index in [-0.39, 0.29) is 0 Å². The molecule has 0 saturated carbocycles. The van der Waals surface area contributed by atoms with E-state index in [4.69, 9.17) is 16.3 Å². The Hall–Kier alpha value is -2.11. The summed E-state index contributed by atoms with van der Waals surface area (Å²) < 4.78 is 18.7. The number of hydrogen-bond donors (Lipinski definition) is 2. The van der Waals surface area contributed by atoms with Crippen LogP contribution in [0.5, 0.6) is 5.75 Å². The summed E-state index contributed by atoms with van der Waals surface area (Å²) in [5.41, 5.74) is 0.0827. The van der Waals surface area contributed by atoms with Crippen LogP contribution in [-0.2, 0) is 9.36 Å². The number of hydrogen-bond acceptors (Lipinski definition) is 4. The van der Waals surface area contributed by atoms with E-state index < -0.39 is 18.9 Å². The molecule has 28 heavy (non-hydrogen) atoms. The molecule has 1 heterocycles. The molecule has 146 valence electrons. The van der Waals surface area contributed by atoms with Crippen molar-refractivity contribution in [3.8, 4) is 5.75 Å². The van der Waals surface area contributed by atoms with Gasteiger partial charge in [0.05, 0.1) is 7.11 Å². The molecule has 0 aliphatic rings.